The number of rotatable bonds is 7. The molecule has 3 aromatic carbocycles. The van der Waals surface area contributed by atoms with E-state index in [0.29, 0.717) is 44.2 Å². The predicted molar refractivity (Wildman–Crippen MR) is 136 cm³/mol. The summed E-state index contributed by atoms with van der Waals surface area (Å²) in [6, 6.07) is 17.4. The number of ether oxygens (including phenoxy) is 1. The number of hydrogen-bond acceptors (Lipinski definition) is 5. The number of nitrogens with zero attached hydrogens (tertiary/aromatic N) is 2. The summed E-state index contributed by atoms with van der Waals surface area (Å²) in [7, 11) is 0. The van der Waals surface area contributed by atoms with Crippen LogP contribution >= 0.6 is 23.4 Å². The number of carboxylic acids is 1. The Kier molecular flexibility index (Phi) is 7.53. The minimum atomic E-state index is -1.01. The first-order chi connectivity index (χ1) is 16.8. The van der Waals surface area contributed by atoms with E-state index in [1.54, 1.807) is 59.5 Å². The van der Waals surface area contributed by atoms with E-state index >= 15 is 0 Å². The van der Waals surface area contributed by atoms with Gasteiger partial charge in [-0.15, -0.1) is 0 Å². The highest BCUT2D eigenvalue weighted by Gasteiger charge is 2.32. The number of amidine groups is 1. The molecule has 6 nitrogen and oxygen atoms in total. The van der Waals surface area contributed by atoms with Gasteiger partial charge >= 0.3 is 5.97 Å². The maximum Gasteiger partial charge on any atom is 0.335 e. The van der Waals surface area contributed by atoms with Crippen molar-refractivity contribution >= 4 is 52.2 Å². The summed E-state index contributed by atoms with van der Waals surface area (Å²) in [5.74, 6) is -1.09. The topological polar surface area (TPSA) is 79.2 Å². The fourth-order valence-corrected chi connectivity index (χ4v) is 4.63. The van der Waals surface area contributed by atoms with E-state index in [9.17, 15) is 14.0 Å². The van der Waals surface area contributed by atoms with Gasteiger partial charge in [0.15, 0.2) is 5.17 Å². The van der Waals surface area contributed by atoms with Crippen LogP contribution in [0.25, 0.3) is 6.08 Å². The van der Waals surface area contributed by atoms with Gasteiger partial charge in [-0.1, -0.05) is 29.8 Å². The molecule has 0 atom stereocenters. The number of carbonyl (C=O) groups is 2. The lowest BCUT2D eigenvalue weighted by Crippen LogP contribution is -2.28. The van der Waals surface area contributed by atoms with Crippen molar-refractivity contribution < 1.29 is 23.8 Å². The van der Waals surface area contributed by atoms with Gasteiger partial charge in [0.2, 0.25) is 0 Å². The second-order valence-corrected chi connectivity index (χ2v) is 8.93. The van der Waals surface area contributed by atoms with E-state index in [0.717, 1.165) is 0 Å². The molecule has 35 heavy (non-hydrogen) atoms. The normalized spacial score (nSPS) is 15.7. The molecule has 1 heterocycles. The van der Waals surface area contributed by atoms with E-state index in [-0.39, 0.29) is 23.9 Å². The molecular weight excluding hydrogens is 491 g/mol. The minimum absolute atomic E-state index is 0.157. The Labute approximate surface area is 210 Å². The molecular formula is C26H20ClFN2O4S. The SMILES string of the molecule is CCN1C(=O)/C(=C\c2ccc(OCc3cccc(C(=O)O)c3)c(Cl)c2)SC1=Nc1ccc(F)cc1. The molecule has 9 heteroatoms. The Morgan fingerprint density at radius 3 is 2.63 bits per heavy atom. The molecule has 178 valence electrons. The summed E-state index contributed by atoms with van der Waals surface area (Å²) < 4.78 is 18.9. The molecule has 1 saturated heterocycles. The van der Waals surface area contributed by atoms with Crippen LogP contribution in [0.3, 0.4) is 0 Å². The Bertz CT molecular complexity index is 1340. The number of carboxylic acid groups (broad SMARTS) is 1. The highest BCUT2D eigenvalue weighted by atomic mass is 35.5. The van der Waals surface area contributed by atoms with Crippen molar-refractivity contribution in [1.82, 2.24) is 4.90 Å². The summed E-state index contributed by atoms with van der Waals surface area (Å²) >= 11 is 7.64. The summed E-state index contributed by atoms with van der Waals surface area (Å²) in [5.41, 5.74) is 2.15. The lowest BCUT2D eigenvalue weighted by Gasteiger charge is -2.12. The molecule has 1 amide bonds. The van der Waals surface area contributed by atoms with Crippen LogP contribution in [0.4, 0.5) is 10.1 Å². The lowest BCUT2D eigenvalue weighted by molar-refractivity contribution is -0.122. The Balaban J connectivity index is 1.50. The van der Waals surface area contributed by atoms with Crippen LogP contribution in [0.15, 0.2) is 76.6 Å². The number of carbonyl (C=O) groups excluding carboxylic acids is 1. The third kappa shape index (κ3) is 5.90. The molecule has 1 N–H and O–H groups in total. The van der Waals surface area contributed by atoms with Crippen molar-refractivity contribution in [3.05, 3.63) is 99.2 Å². The third-order valence-corrected chi connectivity index (χ3v) is 6.38. The Morgan fingerprint density at radius 1 is 1.17 bits per heavy atom. The van der Waals surface area contributed by atoms with Crippen LogP contribution in [0.5, 0.6) is 5.75 Å². The number of benzene rings is 3. The van der Waals surface area contributed by atoms with Gasteiger partial charge in [0.25, 0.3) is 5.91 Å². The van der Waals surface area contributed by atoms with Crippen molar-refractivity contribution in [2.75, 3.05) is 6.54 Å². The number of aromatic carboxylic acids is 1. The summed E-state index contributed by atoms with van der Waals surface area (Å²) in [4.78, 5) is 30.5. The molecule has 0 bridgehead atoms. The molecule has 3 aromatic rings. The van der Waals surface area contributed by atoms with Crippen LogP contribution in [-0.2, 0) is 11.4 Å². The van der Waals surface area contributed by atoms with Crippen LogP contribution < -0.4 is 4.74 Å². The number of hydrogen-bond donors (Lipinski definition) is 1. The average molecular weight is 511 g/mol. The van der Waals surface area contributed by atoms with Gasteiger partial charge in [-0.3, -0.25) is 9.69 Å². The van der Waals surface area contributed by atoms with Crippen LogP contribution in [0.1, 0.15) is 28.4 Å². The highest BCUT2D eigenvalue weighted by Crippen LogP contribution is 2.35. The zero-order valence-electron chi connectivity index (χ0n) is 18.6. The lowest BCUT2D eigenvalue weighted by atomic mass is 10.1. The largest absolute Gasteiger partial charge is 0.487 e. The smallest absolute Gasteiger partial charge is 0.335 e. The van der Waals surface area contributed by atoms with Gasteiger partial charge < -0.3 is 9.84 Å². The summed E-state index contributed by atoms with van der Waals surface area (Å²) in [5, 5.41) is 10.00. The summed E-state index contributed by atoms with van der Waals surface area (Å²) in [6.07, 6.45) is 1.73. The maximum absolute atomic E-state index is 13.2. The van der Waals surface area contributed by atoms with E-state index in [4.69, 9.17) is 21.4 Å². The van der Waals surface area contributed by atoms with Gasteiger partial charge in [0.05, 0.1) is 21.2 Å². The van der Waals surface area contributed by atoms with Gasteiger partial charge in [-0.25, -0.2) is 14.2 Å². The molecule has 1 fully saturated rings. The first-order valence-corrected chi connectivity index (χ1v) is 11.8. The van der Waals surface area contributed by atoms with Crippen LogP contribution in [0, 0.1) is 5.82 Å². The second-order valence-electron chi connectivity index (χ2n) is 7.51. The monoisotopic (exact) mass is 510 g/mol. The fraction of sp³-hybridized carbons (Fsp3) is 0.115. The van der Waals surface area contributed by atoms with E-state index < -0.39 is 5.97 Å². The van der Waals surface area contributed by atoms with Gasteiger partial charge in [-0.05, 0) is 84.4 Å². The highest BCUT2D eigenvalue weighted by molar-refractivity contribution is 8.18. The van der Waals surface area contributed by atoms with Gasteiger partial charge in [0, 0.05) is 6.54 Å². The number of halogens is 2. The van der Waals surface area contributed by atoms with Gasteiger partial charge in [0.1, 0.15) is 18.2 Å². The zero-order valence-corrected chi connectivity index (χ0v) is 20.1. The Hall–Kier alpha value is -3.62. The maximum atomic E-state index is 13.2. The number of likely N-dealkylation sites (N-methyl/N-ethyl adjacent to an activating group) is 1. The predicted octanol–water partition coefficient (Wildman–Crippen LogP) is 6.38. The average Bonchev–Trinajstić information content (AvgIpc) is 3.13. The first kappa shape index (κ1) is 24.5. The number of amides is 1. The molecule has 1 aliphatic rings. The molecule has 1 aliphatic heterocycles. The van der Waals surface area contributed by atoms with Crippen LogP contribution in [0.2, 0.25) is 5.02 Å². The van der Waals surface area contributed by atoms with Crippen molar-refractivity contribution in [3.8, 4) is 5.75 Å². The molecule has 0 saturated carbocycles. The molecule has 0 spiro atoms. The van der Waals surface area contributed by atoms with Crippen molar-refractivity contribution in [2.24, 2.45) is 4.99 Å². The van der Waals surface area contributed by atoms with Crippen LogP contribution in [-0.4, -0.2) is 33.6 Å². The van der Waals surface area contributed by atoms with E-state index in [1.807, 2.05) is 6.92 Å². The Morgan fingerprint density at radius 2 is 1.94 bits per heavy atom. The molecule has 0 aliphatic carbocycles. The van der Waals surface area contributed by atoms with E-state index in [2.05, 4.69) is 4.99 Å². The van der Waals surface area contributed by atoms with Crippen molar-refractivity contribution in [2.45, 2.75) is 13.5 Å². The fourth-order valence-electron chi connectivity index (χ4n) is 3.33. The molecule has 0 aromatic heterocycles. The molecule has 4 rings (SSSR count). The minimum Gasteiger partial charge on any atom is -0.487 e. The number of aliphatic imine (C=N–C) groups is 1. The van der Waals surface area contributed by atoms with E-state index in [1.165, 1.54) is 30.0 Å². The quantitative estimate of drug-likeness (QED) is 0.373. The molecule has 0 unspecified atom stereocenters. The van der Waals surface area contributed by atoms with Crippen molar-refractivity contribution in [1.29, 1.82) is 0 Å². The second kappa shape index (κ2) is 10.8. The third-order valence-electron chi connectivity index (χ3n) is 5.08. The standard InChI is InChI=1S/C26H20ClFN2O4S/c1-2-30-24(31)23(35-26(30)29-20-9-7-19(28)8-10-20)14-16-6-11-22(21(27)13-16)34-15-17-4-3-5-18(12-17)25(32)33/h3-14H,2,15H2,1H3,(H,32,33)/b23-14+,29-26?. The zero-order chi connectivity index (χ0) is 24.9. The number of thioether (sulfide) groups is 1. The van der Waals surface area contributed by atoms with Crippen molar-refractivity contribution in [3.63, 3.8) is 0 Å². The summed E-state index contributed by atoms with van der Waals surface area (Å²) in [6.45, 7) is 2.46. The van der Waals surface area contributed by atoms with Gasteiger partial charge in [-0.2, -0.15) is 0 Å². The first-order valence-electron chi connectivity index (χ1n) is 10.6. The molecule has 0 radical (unpaired) electrons.